The molecule has 0 saturated heterocycles. The van der Waals surface area contributed by atoms with E-state index in [0.29, 0.717) is 0 Å². The Morgan fingerprint density at radius 1 is 1.43 bits per heavy atom. The first-order chi connectivity index (χ1) is 2.00. The maximum absolute atomic E-state index is 9.05. The number of rotatable bonds is 0. The van der Waals surface area contributed by atoms with Gasteiger partial charge in [-0.25, -0.2) is 0 Å². The average Bonchev–Trinajstić information content (AvgIpc) is 0.722. The molecule has 0 atom stereocenters. The Kier molecular flexibility index (Phi) is 15.6. The van der Waals surface area contributed by atoms with Gasteiger partial charge in [0.1, 0.15) is 0 Å². The van der Waals surface area contributed by atoms with E-state index in [-0.39, 0.29) is 71.3 Å². The third kappa shape index (κ3) is 56.0. The minimum atomic E-state index is -3.97. The van der Waals surface area contributed by atoms with E-state index in [1.165, 1.54) is 0 Å². The van der Waals surface area contributed by atoms with Crippen molar-refractivity contribution < 1.29 is 35.4 Å². The molecule has 3 nitrogen and oxygen atoms in total. The van der Waals surface area contributed by atoms with Crippen molar-refractivity contribution in [1.29, 1.82) is 0 Å². The normalized spacial score (nSPS) is 8.29. The fourth-order valence-corrected chi connectivity index (χ4v) is 0. The first-order valence-electron chi connectivity index (χ1n) is 0.698. The van der Waals surface area contributed by atoms with Gasteiger partial charge in [0.05, 0.1) is 0 Å². The molecule has 0 aliphatic heterocycles. The summed E-state index contributed by atoms with van der Waals surface area (Å²) < 4.78 is 25.5. The van der Waals surface area contributed by atoms with Crippen LogP contribution in [-0.4, -0.2) is 61.9 Å². The zero-order valence-corrected chi connectivity index (χ0v) is 5.61. The molecule has 0 amide bonds. The summed E-state index contributed by atoms with van der Waals surface area (Å²) in [5.41, 5.74) is 0. The van der Waals surface area contributed by atoms with Crippen LogP contribution in [0.3, 0.4) is 0 Å². The van der Waals surface area contributed by atoms with Crippen molar-refractivity contribution in [2.45, 2.75) is 0 Å². The Labute approximate surface area is 103 Å². The van der Waals surface area contributed by atoms with Gasteiger partial charge >= 0.3 is 58.0 Å². The molecule has 0 rings (SSSR count). The monoisotopic (exact) mass is 361 g/mol. The summed E-state index contributed by atoms with van der Waals surface area (Å²) in [7, 11) is -3.97. The molecule has 0 saturated carbocycles. The maximum atomic E-state index is 9.05. The fourth-order valence-electron chi connectivity index (χ4n) is 0. The molecule has 1 radical (unpaired) electrons. The Hall–Kier alpha value is 2.57. The average molecular weight is 361 g/mol. The van der Waals surface area contributed by atoms with E-state index < -0.39 is 9.15 Å². The zero-order valence-electron chi connectivity index (χ0n) is 2.42. The molecule has 0 heterocycles. The molecule has 0 aromatic carbocycles. The molecule has 0 aromatic heterocycles. The summed E-state index contributed by atoms with van der Waals surface area (Å²) in [6.07, 6.45) is 0. The second-order valence-electron chi connectivity index (χ2n) is 0.448. The van der Waals surface area contributed by atoms with Crippen LogP contribution in [0.5, 0.6) is 0 Å². The summed E-state index contributed by atoms with van der Waals surface area (Å²) in [5, 5.41) is 0. The molecule has 0 fully saturated rings. The molecule has 0 unspecified atom stereocenters. The Bertz CT molecular complexity index is 96.1. The van der Waals surface area contributed by atoms with Crippen LogP contribution in [0.2, 0.25) is 0 Å². The van der Waals surface area contributed by atoms with Gasteiger partial charge in [0.2, 0.25) is 0 Å². The SMILES string of the molecule is O=S(=O)(O)S.[Ag].[BaH2]. The van der Waals surface area contributed by atoms with Gasteiger partial charge < -0.3 is 0 Å². The van der Waals surface area contributed by atoms with Crippen LogP contribution in [0.25, 0.3) is 0 Å². The third-order valence-corrected chi connectivity index (χ3v) is 0. The molecule has 0 aliphatic carbocycles. The van der Waals surface area contributed by atoms with Gasteiger partial charge in [0, 0.05) is 22.4 Å². The molecular weight excluding hydrogens is 357 g/mol. The Morgan fingerprint density at radius 3 is 1.43 bits per heavy atom. The van der Waals surface area contributed by atoms with Crippen molar-refractivity contribution in [2.75, 3.05) is 0 Å². The van der Waals surface area contributed by atoms with Crippen LogP contribution in [0.4, 0.5) is 0 Å². The van der Waals surface area contributed by atoms with Crippen molar-refractivity contribution in [3.8, 4) is 0 Å². The van der Waals surface area contributed by atoms with Crippen molar-refractivity contribution in [1.82, 2.24) is 0 Å². The van der Waals surface area contributed by atoms with E-state index in [4.69, 9.17) is 13.0 Å². The van der Waals surface area contributed by atoms with Crippen molar-refractivity contribution in [2.24, 2.45) is 0 Å². The first-order valence-corrected chi connectivity index (χ1v) is 3.19. The van der Waals surface area contributed by atoms with E-state index in [1.54, 1.807) is 0 Å². The van der Waals surface area contributed by atoms with Crippen LogP contribution >= 0.6 is 11.7 Å². The third-order valence-electron chi connectivity index (χ3n) is 0. The molecule has 0 spiro atoms. The number of thiol groups is 1. The van der Waals surface area contributed by atoms with Gasteiger partial charge in [0.25, 0.3) is 0 Å². The van der Waals surface area contributed by atoms with Crippen LogP contribution in [0.15, 0.2) is 0 Å². The van der Waals surface area contributed by atoms with E-state index in [1.807, 2.05) is 0 Å². The topological polar surface area (TPSA) is 54.4 Å². The predicted octanol–water partition coefficient (Wildman–Crippen LogP) is -1.20. The molecule has 1 N–H and O–H groups in total. The molecule has 0 aromatic rings. The Morgan fingerprint density at radius 2 is 1.43 bits per heavy atom. The fraction of sp³-hybridized carbons (Fsp3) is 0. The minimum absolute atomic E-state index is 0. The molecule has 7 heteroatoms. The second kappa shape index (κ2) is 6.69. The molecular formula is H4AgBaO3S2. The Balaban J connectivity index is -0.0000000800. The number of hydrogen-bond donors (Lipinski definition) is 2. The summed E-state index contributed by atoms with van der Waals surface area (Å²) >= 11 is 2.65. The quantitative estimate of drug-likeness (QED) is 0.247. The molecule has 0 bridgehead atoms. The van der Waals surface area contributed by atoms with Crippen molar-refractivity contribution in [3.63, 3.8) is 0 Å². The van der Waals surface area contributed by atoms with E-state index in [2.05, 4.69) is 11.7 Å². The van der Waals surface area contributed by atoms with E-state index in [0.717, 1.165) is 0 Å². The first kappa shape index (κ1) is 16.3. The molecule has 0 aliphatic rings. The van der Waals surface area contributed by atoms with Crippen LogP contribution in [0.1, 0.15) is 0 Å². The van der Waals surface area contributed by atoms with E-state index >= 15 is 0 Å². The molecule has 47 valence electrons. The van der Waals surface area contributed by atoms with Gasteiger partial charge in [-0.1, -0.05) is 0 Å². The van der Waals surface area contributed by atoms with Crippen molar-refractivity contribution >= 4 is 69.7 Å². The van der Waals surface area contributed by atoms with Crippen LogP contribution in [0, 0.1) is 0 Å². The standard InChI is InChI=1S/Ag.Ba.H2O3S2.2H/c;;1-5(2,3)4;;/h;;(H2,1,2,3,4);;. The van der Waals surface area contributed by atoms with Gasteiger partial charge in [-0.2, -0.15) is 8.42 Å². The van der Waals surface area contributed by atoms with E-state index in [9.17, 15) is 0 Å². The van der Waals surface area contributed by atoms with Gasteiger partial charge in [-0.3, -0.25) is 4.55 Å². The second-order valence-corrected chi connectivity index (χ2v) is 2.73. The van der Waals surface area contributed by atoms with Gasteiger partial charge in [0.15, 0.2) is 0 Å². The predicted molar refractivity (Wildman–Crippen MR) is 29.1 cm³/mol. The summed E-state index contributed by atoms with van der Waals surface area (Å²) in [4.78, 5) is 0. The van der Waals surface area contributed by atoms with Gasteiger partial charge in [-0.15, -0.1) is 0 Å². The summed E-state index contributed by atoms with van der Waals surface area (Å²) in [6, 6.07) is 0. The number of hydrogen-bond acceptors (Lipinski definition) is 2. The zero-order chi connectivity index (χ0) is 4.50. The van der Waals surface area contributed by atoms with Crippen molar-refractivity contribution in [3.05, 3.63) is 0 Å². The summed E-state index contributed by atoms with van der Waals surface area (Å²) in [5.74, 6) is 0. The van der Waals surface area contributed by atoms with Crippen LogP contribution < -0.4 is 0 Å². The van der Waals surface area contributed by atoms with Gasteiger partial charge in [-0.05, 0) is 11.7 Å². The molecule has 7 heavy (non-hydrogen) atoms. The summed E-state index contributed by atoms with van der Waals surface area (Å²) in [6.45, 7) is 0. The van der Waals surface area contributed by atoms with Crippen LogP contribution in [-0.2, 0) is 31.5 Å².